The summed E-state index contributed by atoms with van der Waals surface area (Å²) in [5.74, 6) is -4.77. The number of aliphatic hydroxyl groups is 2. The summed E-state index contributed by atoms with van der Waals surface area (Å²) in [6, 6.07) is 0. The number of rotatable bonds is 6. The van der Waals surface area contributed by atoms with Crippen molar-refractivity contribution in [2.24, 2.45) is 5.41 Å². The van der Waals surface area contributed by atoms with E-state index in [0.29, 0.717) is 6.08 Å². The van der Waals surface area contributed by atoms with Gasteiger partial charge in [0.2, 0.25) is 0 Å². The summed E-state index contributed by atoms with van der Waals surface area (Å²) < 4.78 is 0. The number of carboxylic acids is 2. The maximum atomic E-state index is 10.3. The summed E-state index contributed by atoms with van der Waals surface area (Å²) in [7, 11) is 0. The molecule has 0 unspecified atom stereocenters. The van der Waals surface area contributed by atoms with Crippen molar-refractivity contribution in [3.05, 3.63) is 24.3 Å². The van der Waals surface area contributed by atoms with Gasteiger partial charge in [0.05, 0.1) is 0 Å². The number of carboxylic acid groups (broad SMARTS) is 2. The Labute approximate surface area is 98.5 Å². The molecule has 0 rings (SSSR count). The fourth-order valence-electron chi connectivity index (χ4n) is 1.02. The molecule has 0 radical (unpaired) electrons. The molecule has 0 aliphatic heterocycles. The van der Waals surface area contributed by atoms with Gasteiger partial charge in [-0.3, -0.25) is 0 Å². The first-order valence-electron chi connectivity index (χ1n) is 4.85. The molecular formula is C11H16O6. The molecule has 96 valence electrons. The number of aliphatic carboxylic acids is 2. The maximum absolute atomic E-state index is 10.3. The summed E-state index contributed by atoms with van der Waals surface area (Å²) in [5, 5.41) is 36.1. The van der Waals surface area contributed by atoms with Crippen LogP contribution in [0.1, 0.15) is 20.3 Å². The lowest BCUT2D eigenvalue weighted by atomic mass is 9.79. The summed E-state index contributed by atoms with van der Waals surface area (Å²) in [5.41, 5.74) is -1.12. The molecule has 6 nitrogen and oxygen atoms in total. The summed E-state index contributed by atoms with van der Waals surface area (Å²) in [4.78, 5) is 20.5. The highest BCUT2D eigenvalue weighted by molar-refractivity contribution is 5.80. The summed E-state index contributed by atoms with van der Waals surface area (Å²) in [6.07, 6.45) is 3.61. The van der Waals surface area contributed by atoms with Crippen LogP contribution in [-0.2, 0) is 9.59 Å². The lowest BCUT2D eigenvalue weighted by Gasteiger charge is -2.35. The number of hydrogen-bond donors (Lipinski definition) is 4. The van der Waals surface area contributed by atoms with Crippen LogP contribution in [0.3, 0.4) is 0 Å². The Kier molecular flexibility index (Phi) is 5.06. The van der Waals surface area contributed by atoms with Gasteiger partial charge in [-0.1, -0.05) is 19.9 Å². The van der Waals surface area contributed by atoms with Crippen LogP contribution < -0.4 is 0 Å². The van der Waals surface area contributed by atoms with Crippen molar-refractivity contribution in [1.82, 2.24) is 0 Å². The molecule has 6 heteroatoms. The van der Waals surface area contributed by atoms with Crippen molar-refractivity contribution >= 4 is 11.9 Å². The van der Waals surface area contributed by atoms with Gasteiger partial charge in [-0.05, 0) is 12.5 Å². The van der Waals surface area contributed by atoms with Gasteiger partial charge in [0.15, 0.2) is 5.79 Å². The van der Waals surface area contributed by atoms with E-state index in [0.717, 1.165) is 12.2 Å². The predicted octanol–water partition coefficient (Wildman–Crippen LogP) is 0.365. The van der Waals surface area contributed by atoms with Gasteiger partial charge in [-0.2, -0.15) is 0 Å². The quantitative estimate of drug-likeness (QED) is 0.396. The summed E-state index contributed by atoms with van der Waals surface area (Å²) >= 11 is 0. The van der Waals surface area contributed by atoms with Crippen molar-refractivity contribution in [2.75, 3.05) is 0 Å². The minimum absolute atomic E-state index is 0.0657. The molecule has 0 aromatic rings. The fourth-order valence-corrected chi connectivity index (χ4v) is 1.02. The molecule has 0 fully saturated rings. The minimum atomic E-state index is -2.34. The number of allylic oxidation sites excluding steroid dienone is 1. The number of hydrogen-bond acceptors (Lipinski definition) is 4. The van der Waals surface area contributed by atoms with Crippen LogP contribution in [0.4, 0.5) is 0 Å². The Morgan fingerprint density at radius 3 is 1.94 bits per heavy atom. The van der Waals surface area contributed by atoms with Gasteiger partial charge in [-0.25, -0.2) is 9.59 Å². The van der Waals surface area contributed by atoms with E-state index in [2.05, 4.69) is 0 Å². The fraction of sp³-hybridized carbons (Fsp3) is 0.455. The van der Waals surface area contributed by atoms with Gasteiger partial charge in [0.25, 0.3) is 0 Å². The molecule has 0 saturated heterocycles. The first-order chi connectivity index (χ1) is 7.58. The molecule has 0 aromatic heterocycles. The smallest absolute Gasteiger partial charge is 0.328 e. The van der Waals surface area contributed by atoms with Gasteiger partial charge in [0.1, 0.15) is 0 Å². The Bertz CT molecular complexity index is 351. The molecule has 0 aliphatic carbocycles. The molecule has 0 spiro atoms. The zero-order valence-electron chi connectivity index (χ0n) is 9.62. The van der Waals surface area contributed by atoms with E-state index in [-0.39, 0.29) is 6.42 Å². The second kappa shape index (κ2) is 5.60. The highest BCUT2D eigenvalue weighted by atomic mass is 16.5. The van der Waals surface area contributed by atoms with E-state index in [1.165, 1.54) is 19.9 Å². The van der Waals surface area contributed by atoms with E-state index < -0.39 is 23.1 Å². The Morgan fingerprint density at radius 1 is 1.06 bits per heavy atom. The molecule has 0 saturated carbocycles. The Morgan fingerprint density at radius 2 is 1.53 bits per heavy atom. The van der Waals surface area contributed by atoms with Gasteiger partial charge in [-0.15, -0.1) is 0 Å². The molecule has 0 atom stereocenters. The van der Waals surface area contributed by atoms with E-state index >= 15 is 0 Å². The first kappa shape index (κ1) is 15.3. The molecule has 0 aliphatic rings. The monoisotopic (exact) mass is 244 g/mol. The second-order valence-electron chi connectivity index (χ2n) is 4.23. The highest BCUT2D eigenvalue weighted by Crippen LogP contribution is 2.34. The largest absolute Gasteiger partial charge is 0.478 e. The average Bonchev–Trinajstić information content (AvgIpc) is 2.13. The molecule has 4 N–H and O–H groups in total. The normalized spacial score (nSPS) is 13.4. The van der Waals surface area contributed by atoms with Crippen LogP contribution in [0.25, 0.3) is 0 Å². The molecule has 0 heterocycles. The van der Waals surface area contributed by atoms with Crippen molar-refractivity contribution in [3.8, 4) is 0 Å². The van der Waals surface area contributed by atoms with E-state index in [1.807, 2.05) is 0 Å². The van der Waals surface area contributed by atoms with Crippen LogP contribution in [0.15, 0.2) is 24.3 Å². The SMILES string of the molecule is CC(C)(CC=CC(=O)O)C(O)(O)C=CC(=O)O. The first-order valence-corrected chi connectivity index (χ1v) is 4.85. The third kappa shape index (κ3) is 5.28. The predicted molar refractivity (Wildman–Crippen MR) is 59.1 cm³/mol. The van der Waals surface area contributed by atoms with Crippen LogP contribution in [-0.4, -0.2) is 38.2 Å². The average molecular weight is 244 g/mol. The molecule has 0 bridgehead atoms. The molecule has 0 aromatic carbocycles. The standard InChI is InChI=1S/C11H16O6/c1-10(2,6-3-4-8(12)13)11(16,17)7-5-9(14)15/h3-5,7,16-17H,6H2,1-2H3,(H,12,13)(H,14,15). The highest BCUT2D eigenvalue weighted by Gasteiger charge is 2.38. The van der Waals surface area contributed by atoms with Crippen LogP contribution in [0, 0.1) is 5.41 Å². The molecule has 0 amide bonds. The zero-order valence-corrected chi connectivity index (χ0v) is 9.62. The second-order valence-corrected chi connectivity index (χ2v) is 4.23. The van der Waals surface area contributed by atoms with E-state index in [1.54, 1.807) is 0 Å². The third-order valence-corrected chi connectivity index (χ3v) is 2.34. The van der Waals surface area contributed by atoms with Crippen LogP contribution >= 0.6 is 0 Å². The zero-order chi connectivity index (χ0) is 13.7. The Hall–Kier alpha value is -1.66. The molecular weight excluding hydrogens is 228 g/mol. The van der Waals surface area contributed by atoms with Gasteiger partial charge >= 0.3 is 11.9 Å². The van der Waals surface area contributed by atoms with Crippen molar-refractivity contribution in [3.63, 3.8) is 0 Å². The lowest BCUT2D eigenvalue weighted by molar-refractivity contribution is -0.193. The van der Waals surface area contributed by atoms with Crippen LogP contribution in [0.5, 0.6) is 0 Å². The lowest BCUT2D eigenvalue weighted by Crippen LogP contribution is -2.42. The maximum Gasteiger partial charge on any atom is 0.328 e. The Balaban J connectivity index is 4.77. The third-order valence-electron chi connectivity index (χ3n) is 2.34. The van der Waals surface area contributed by atoms with Crippen molar-refractivity contribution in [2.45, 2.75) is 26.1 Å². The van der Waals surface area contributed by atoms with E-state index in [4.69, 9.17) is 10.2 Å². The van der Waals surface area contributed by atoms with E-state index in [9.17, 15) is 19.8 Å². The topological polar surface area (TPSA) is 115 Å². The number of carbonyl (C=O) groups is 2. The summed E-state index contributed by atoms with van der Waals surface area (Å²) in [6.45, 7) is 2.96. The van der Waals surface area contributed by atoms with Crippen molar-refractivity contribution < 1.29 is 30.0 Å². The molecule has 17 heavy (non-hydrogen) atoms. The van der Waals surface area contributed by atoms with Crippen LogP contribution in [0.2, 0.25) is 0 Å². The van der Waals surface area contributed by atoms with Crippen molar-refractivity contribution in [1.29, 1.82) is 0 Å². The van der Waals surface area contributed by atoms with Gasteiger partial charge < -0.3 is 20.4 Å². The van der Waals surface area contributed by atoms with Gasteiger partial charge in [0, 0.05) is 17.6 Å². The minimum Gasteiger partial charge on any atom is -0.478 e.